The number of hydrogen-bond donors (Lipinski definition) is 1. The Labute approximate surface area is 145 Å². The van der Waals surface area contributed by atoms with Gasteiger partial charge in [-0.2, -0.15) is 0 Å². The zero-order valence-electron chi connectivity index (χ0n) is 15.2. The summed E-state index contributed by atoms with van der Waals surface area (Å²) in [4.78, 5) is 14.5. The smallest absolute Gasteiger partial charge is 0.224 e. The molecule has 0 unspecified atom stereocenters. The second-order valence-electron chi connectivity index (χ2n) is 6.72. The molecule has 2 rings (SSSR count). The van der Waals surface area contributed by atoms with Crippen molar-refractivity contribution in [2.24, 2.45) is 0 Å². The third-order valence-electron chi connectivity index (χ3n) is 4.38. The van der Waals surface area contributed by atoms with Crippen LogP contribution >= 0.6 is 0 Å². The first-order valence-corrected chi connectivity index (χ1v) is 8.55. The highest BCUT2D eigenvalue weighted by Gasteiger charge is 2.09. The topological polar surface area (TPSA) is 32.3 Å². The van der Waals surface area contributed by atoms with Crippen LogP contribution < -0.4 is 5.32 Å². The van der Waals surface area contributed by atoms with Gasteiger partial charge in [0, 0.05) is 19.1 Å². The number of carbonyl (C=O) groups excluding carboxylic acids is 1. The molecule has 0 spiro atoms. The number of rotatable bonds is 7. The van der Waals surface area contributed by atoms with E-state index in [9.17, 15) is 4.79 Å². The molecule has 24 heavy (non-hydrogen) atoms. The fourth-order valence-corrected chi connectivity index (χ4v) is 2.48. The lowest BCUT2D eigenvalue weighted by Gasteiger charge is -2.22. The molecule has 0 bridgehead atoms. The van der Waals surface area contributed by atoms with Gasteiger partial charge in [0.1, 0.15) is 0 Å². The largest absolute Gasteiger partial charge is 0.352 e. The SMILES string of the molecule is Cc1ccc(CC(=O)NCc2ccccc2CN(C)C(C)C)cc1. The van der Waals surface area contributed by atoms with Crippen molar-refractivity contribution in [1.82, 2.24) is 10.2 Å². The molecule has 0 radical (unpaired) electrons. The molecule has 0 aliphatic heterocycles. The molecule has 0 saturated heterocycles. The number of nitrogens with zero attached hydrogens (tertiary/aromatic N) is 1. The van der Waals surface area contributed by atoms with Gasteiger partial charge in [0.05, 0.1) is 6.42 Å². The van der Waals surface area contributed by atoms with Crippen LogP contribution in [0.1, 0.15) is 36.1 Å². The molecule has 2 aromatic carbocycles. The van der Waals surface area contributed by atoms with Crippen molar-refractivity contribution in [3.8, 4) is 0 Å². The molecule has 2 aromatic rings. The van der Waals surface area contributed by atoms with E-state index in [1.165, 1.54) is 16.7 Å². The summed E-state index contributed by atoms with van der Waals surface area (Å²) < 4.78 is 0. The Balaban J connectivity index is 1.93. The highest BCUT2D eigenvalue weighted by molar-refractivity contribution is 5.78. The van der Waals surface area contributed by atoms with Gasteiger partial charge in [-0.25, -0.2) is 0 Å². The van der Waals surface area contributed by atoms with E-state index >= 15 is 0 Å². The Morgan fingerprint density at radius 1 is 1.04 bits per heavy atom. The number of hydrogen-bond acceptors (Lipinski definition) is 2. The summed E-state index contributed by atoms with van der Waals surface area (Å²) in [6.45, 7) is 7.89. The summed E-state index contributed by atoms with van der Waals surface area (Å²) in [6, 6.07) is 16.9. The number of aryl methyl sites for hydroxylation is 1. The van der Waals surface area contributed by atoms with Gasteiger partial charge >= 0.3 is 0 Å². The van der Waals surface area contributed by atoms with Gasteiger partial charge in [-0.05, 0) is 44.5 Å². The molecule has 0 atom stereocenters. The van der Waals surface area contributed by atoms with Gasteiger partial charge in [-0.15, -0.1) is 0 Å². The standard InChI is InChI=1S/C21H28N2O/c1-16(2)23(4)15-20-8-6-5-7-19(20)14-22-21(24)13-18-11-9-17(3)10-12-18/h5-12,16H,13-15H2,1-4H3,(H,22,24). The Bertz CT molecular complexity index is 662. The van der Waals surface area contributed by atoms with E-state index in [1.54, 1.807) is 0 Å². The summed E-state index contributed by atoms with van der Waals surface area (Å²) in [7, 11) is 2.12. The predicted octanol–water partition coefficient (Wildman–Crippen LogP) is 3.69. The van der Waals surface area contributed by atoms with Crippen LogP contribution in [0.3, 0.4) is 0 Å². The molecule has 1 amide bonds. The molecule has 0 fully saturated rings. The van der Waals surface area contributed by atoms with Crippen molar-refractivity contribution in [1.29, 1.82) is 0 Å². The van der Waals surface area contributed by atoms with E-state index in [-0.39, 0.29) is 5.91 Å². The van der Waals surface area contributed by atoms with Crippen molar-refractivity contribution >= 4 is 5.91 Å². The van der Waals surface area contributed by atoms with Crippen LogP contribution in [0.5, 0.6) is 0 Å². The molecule has 0 aliphatic rings. The second-order valence-corrected chi connectivity index (χ2v) is 6.72. The normalized spacial score (nSPS) is 11.1. The minimum atomic E-state index is 0.0610. The van der Waals surface area contributed by atoms with Crippen LogP contribution in [0, 0.1) is 6.92 Å². The van der Waals surface area contributed by atoms with Crippen LogP contribution in [0.25, 0.3) is 0 Å². The number of nitrogens with one attached hydrogen (secondary N) is 1. The van der Waals surface area contributed by atoms with Crippen LogP contribution in [0.15, 0.2) is 48.5 Å². The minimum Gasteiger partial charge on any atom is -0.352 e. The van der Waals surface area contributed by atoms with Crippen LogP contribution in [-0.2, 0) is 24.3 Å². The third kappa shape index (κ3) is 5.50. The van der Waals surface area contributed by atoms with Crippen molar-refractivity contribution in [3.05, 3.63) is 70.8 Å². The lowest BCUT2D eigenvalue weighted by atomic mass is 10.1. The van der Waals surface area contributed by atoms with Gasteiger partial charge in [-0.1, -0.05) is 54.1 Å². The maximum absolute atomic E-state index is 12.2. The summed E-state index contributed by atoms with van der Waals surface area (Å²) in [5.74, 6) is 0.0610. The predicted molar refractivity (Wildman–Crippen MR) is 99.8 cm³/mol. The van der Waals surface area contributed by atoms with Gasteiger partial charge in [0.25, 0.3) is 0 Å². The monoisotopic (exact) mass is 324 g/mol. The van der Waals surface area contributed by atoms with Crippen molar-refractivity contribution in [3.63, 3.8) is 0 Å². The van der Waals surface area contributed by atoms with Gasteiger partial charge < -0.3 is 5.32 Å². The molecule has 0 heterocycles. The van der Waals surface area contributed by atoms with Crippen LogP contribution in [0.2, 0.25) is 0 Å². The Morgan fingerprint density at radius 3 is 2.29 bits per heavy atom. The molecule has 0 aliphatic carbocycles. The van der Waals surface area contributed by atoms with Crippen molar-refractivity contribution in [2.75, 3.05) is 7.05 Å². The second kappa shape index (κ2) is 8.65. The summed E-state index contributed by atoms with van der Waals surface area (Å²) in [5.41, 5.74) is 4.71. The lowest BCUT2D eigenvalue weighted by molar-refractivity contribution is -0.120. The molecule has 3 nitrogen and oxygen atoms in total. The zero-order valence-corrected chi connectivity index (χ0v) is 15.2. The summed E-state index contributed by atoms with van der Waals surface area (Å²) in [5, 5.41) is 3.05. The number of benzene rings is 2. The van der Waals surface area contributed by atoms with Crippen molar-refractivity contribution in [2.45, 2.75) is 46.3 Å². The van der Waals surface area contributed by atoms with E-state index in [0.717, 1.165) is 12.1 Å². The number of amides is 1. The van der Waals surface area contributed by atoms with E-state index < -0.39 is 0 Å². The molecular formula is C21H28N2O. The molecule has 0 saturated carbocycles. The van der Waals surface area contributed by atoms with E-state index in [1.807, 2.05) is 30.3 Å². The maximum atomic E-state index is 12.2. The first-order chi connectivity index (χ1) is 11.5. The molecule has 3 heteroatoms. The number of carbonyl (C=O) groups is 1. The molecule has 128 valence electrons. The Kier molecular flexibility index (Phi) is 6.56. The van der Waals surface area contributed by atoms with E-state index in [4.69, 9.17) is 0 Å². The van der Waals surface area contributed by atoms with Crippen molar-refractivity contribution < 1.29 is 4.79 Å². The van der Waals surface area contributed by atoms with Gasteiger partial charge in [-0.3, -0.25) is 9.69 Å². The zero-order chi connectivity index (χ0) is 17.5. The first kappa shape index (κ1) is 18.2. The van der Waals surface area contributed by atoms with Crippen LogP contribution in [0.4, 0.5) is 0 Å². The summed E-state index contributed by atoms with van der Waals surface area (Å²) in [6.07, 6.45) is 0.425. The first-order valence-electron chi connectivity index (χ1n) is 8.55. The lowest BCUT2D eigenvalue weighted by Crippen LogP contribution is -2.28. The Morgan fingerprint density at radius 2 is 1.67 bits per heavy atom. The quantitative estimate of drug-likeness (QED) is 0.842. The minimum absolute atomic E-state index is 0.0610. The summed E-state index contributed by atoms with van der Waals surface area (Å²) >= 11 is 0. The van der Waals surface area contributed by atoms with E-state index in [0.29, 0.717) is 19.0 Å². The Hall–Kier alpha value is -2.13. The van der Waals surface area contributed by atoms with Gasteiger partial charge in [0.15, 0.2) is 0 Å². The average Bonchev–Trinajstić information content (AvgIpc) is 2.56. The highest BCUT2D eigenvalue weighted by Crippen LogP contribution is 2.12. The van der Waals surface area contributed by atoms with E-state index in [2.05, 4.69) is 56.2 Å². The fourth-order valence-electron chi connectivity index (χ4n) is 2.48. The third-order valence-corrected chi connectivity index (χ3v) is 4.38. The average molecular weight is 324 g/mol. The maximum Gasteiger partial charge on any atom is 0.224 e. The molecule has 0 aromatic heterocycles. The molecular weight excluding hydrogens is 296 g/mol. The molecule has 1 N–H and O–H groups in total. The van der Waals surface area contributed by atoms with Crippen LogP contribution in [-0.4, -0.2) is 23.9 Å². The fraction of sp³-hybridized carbons (Fsp3) is 0.381. The highest BCUT2D eigenvalue weighted by atomic mass is 16.1. The van der Waals surface area contributed by atoms with Gasteiger partial charge in [0.2, 0.25) is 5.91 Å².